The molecule has 0 aromatic carbocycles. The molecule has 1 heterocycles. The minimum Gasteiger partial charge on any atom is -0.343 e. The largest absolute Gasteiger partial charge is 0.343 e. The van der Waals surface area contributed by atoms with Crippen LogP contribution in [0.1, 0.15) is 23.0 Å². The molecule has 0 saturated heterocycles. The number of rotatable bonds is 2. The molecule has 4 heteroatoms. The molecule has 0 spiro atoms. The maximum atomic E-state index is 10.3. The molecule has 3 nitrogen and oxygen atoms in total. The van der Waals surface area contributed by atoms with Gasteiger partial charge in [-0.15, -0.1) is 0 Å². The van der Waals surface area contributed by atoms with E-state index in [0.29, 0.717) is 24.0 Å². The molecule has 0 fully saturated rings. The van der Waals surface area contributed by atoms with Crippen molar-refractivity contribution < 1.29 is 9.32 Å². The summed E-state index contributed by atoms with van der Waals surface area (Å²) in [6.45, 7) is 1.88. The normalized spacial score (nSPS) is 9.80. The lowest BCUT2D eigenvalue weighted by Gasteiger charge is -1.83. The maximum Gasteiger partial charge on any atom is 0.236 e. The molecule has 1 aromatic rings. The van der Waals surface area contributed by atoms with Crippen LogP contribution in [-0.2, 0) is 6.42 Å². The van der Waals surface area contributed by atoms with E-state index in [0.717, 1.165) is 0 Å². The van der Waals surface area contributed by atoms with Crippen molar-refractivity contribution in [3.63, 3.8) is 0 Å². The van der Waals surface area contributed by atoms with E-state index in [1.54, 1.807) is 0 Å². The first-order valence-corrected chi connectivity index (χ1v) is 3.26. The number of hydrogen-bond donors (Lipinski definition) is 0. The number of aromatic nitrogens is 1. The topological polar surface area (TPSA) is 43.1 Å². The minimum atomic E-state index is 0.0758. The van der Waals surface area contributed by atoms with E-state index in [1.165, 1.54) is 0 Å². The van der Waals surface area contributed by atoms with E-state index in [4.69, 9.17) is 11.6 Å². The van der Waals surface area contributed by atoms with Crippen LogP contribution in [0.3, 0.4) is 0 Å². The van der Waals surface area contributed by atoms with Crippen LogP contribution in [0.2, 0.25) is 5.22 Å². The molecule has 0 aliphatic carbocycles. The Morgan fingerprint density at radius 2 is 2.50 bits per heavy atom. The van der Waals surface area contributed by atoms with E-state index in [-0.39, 0.29) is 5.22 Å². The van der Waals surface area contributed by atoms with Gasteiger partial charge in [-0.25, -0.2) is 0 Å². The Bertz CT molecular complexity index is 244. The smallest absolute Gasteiger partial charge is 0.236 e. The molecule has 0 atom stereocenters. The van der Waals surface area contributed by atoms with Crippen LogP contribution in [0.4, 0.5) is 0 Å². The zero-order chi connectivity index (χ0) is 7.56. The predicted molar refractivity (Wildman–Crippen MR) is 36.3 cm³/mol. The highest BCUT2D eigenvalue weighted by atomic mass is 35.5. The highest BCUT2D eigenvalue weighted by molar-refractivity contribution is 6.31. The summed E-state index contributed by atoms with van der Waals surface area (Å²) in [7, 11) is 0. The van der Waals surface area contributed by atoms with E-state index in [2.05, 4.69) is 9.68 Å². The minimum absolute atomic E-state index is 0.0758. The summed E-state index contributed by atoms with van der Waals surface area (Å²) in [5, 5.41) is 3.64. The lowest BCUT2D eigenvalue weighted by molar-refractivity contribution is 0.112. The Kier molecular flexibility index (Phi) is 2.06. The van der Waals surface area contributed by atoms with Gasteiger partial charge in [-0.3, -0.25) is 4.79 Å². The van der Waals surface area contributed by atoms with Crippen molar-refractivity contribution >= 4 is 17.9 Å². The molecule has 54 valence electrons. The van der Waals surface area contributed by atoms with Crippen LogP contribution < -0.4 is 0 Å². The SMILES string of the molecule is CCc1noc(Cl)c1C=O. The first-order valence-electron chi connectivity index (χ1n) is 2.88. The fraction of sp³-hybridized carbons (Fsp3) is 0.333. The molecule has 0 aliphatic heterocycles. The van der Waals surface area contributed by atoms with Crippen LogP contribution in [0.5, 0.6) is 0 Å². The summed E-state index contributed by atoms with van der Waals surface area (Å²) in [6.07, 6.45) is 1.31. The average molecular weight is 160 g/mol. The monoisotopic (exact) mass is 159 g/mol. The van der Waals surface area contributed by atoms with E-state index in [1.807, 2.05) is 6.92 Å². The molecule has 0 N–H and O–H groups in total. The molecule has 0 bridgehead atoms. The first kappa shape index (κ1) is 7.28. The van der Waals surface area contributed by atoms with Crippen LogP contribution >= 0.6 is 11.6 Å². The average Bonchev–Trinajstić information content (AvgIpc) is 2.30. The number of aldehydes is 1. The third-order valence-electron chi connectivity index (χ3n) is 1.21. The molecule has 0 radical (unpaired) electrons. The number of carbonyl (C=O) groups is 1. The van der Waals surface area contributed by atoms with Gasteiger partial charge in [0, 0.05) is 0 Å². The predicted octanol–water partition coefficient (Wildman–Crippen LogP) is 1.70. The number of aryl methyl sites for hydroxylation is 1. The van der Waals surface area contributed by atoms with Gasteiger partial charge in [0.25, 0.3) is 0 Å². The Hall–Kier alpha value is -0.830. The van der Waals surface area contributed by atoms with Crippen molar-refractivity contribution in [3.8, 4) is 0 Å². The van der Waals surface area contributed by atoms with Crippen LogP contribution in [0.25, 0.3) is 0 Å². The second-order valence-corrected chi connectivity index (χ2v) is 2.13. The Balaban J connectivity index is 3.12. The molecular weight excluding hydrogens is 154 g/mol. The van der Waals surface area contributed by atoms with Gasteiger partial charge in [-0.05, 0) is 18.0 Å². The van der Waals surface area contributed by atoms with Crippen molar-refractivity contribution in [1.29, 1.82) is 0 Å². The highest BCUT2D eigenvalue weighted by Gasteiger charge is 2.10. The van der Waals surface area contributed by atoms with Gasteiger partial charge in [0.05, 0.1) is 11.3 Å². The first-order chi connectivity index (χ1) is 4.79. The number of halogens is 1. The zero-order valence-electron chi connectivity index (χ0n) is 5.43. The van der Waals surface area contributed by atoms with Gasteiger partial charge >= 0.3 is 0 Å². The zero-order valence-corrected chi connectivity index (χ0v) is 6.18. The molecular formula is C6H6ClNO2. The van der Waals surface area contributed by atoms with Gasteiger partial charge in [0.15, 0.2) is 6.29 Å². The van der Waals surface area contributed by atoms with Gasteiger partial charge in [0.1, 0.15) is 0 Å². The van der Waals surface area contributed by atoms with Gasteiger partial charge in [0.2, 0.25) is 5.22 Å². The maximum absolute atomic E-state index is 10.3. The summed E-state index contributed by atoms with van der Waals surface area (Å²) in [4.78, 5) is 10.3. The lowest BCUT2D eigenvalue weighted by atomic mass is 10.2. The summed E-state index contributed by atoms with van der Waals surface area (Å²) >= 11 is 5.46. The molecule has 0 amide bonds. The summed E-state index contributed by atoms with van der Waals surface area (Å²) < 4.78 is 4.56. The molecule has 1 aromatic heterocycles. The third kappa shape index (κ3) is 1.04. The molecule has 0 aliphatic rings. The van der Waals surface area contributed by atoms with Gasteiger partial charge < -0.3 is 4.52 Å². The lowest BCUT2D eigenvalue weighted by Crippen LogP contribution is -1.86. The van der Waals surface area contributed by atoms with Crippen LogP contribution in [-0.4, -0.2) is 11.4 Å². The van der Waals surface area contributed by atoms with Crippen molar-refractivity contribution in [3.05, 3.63) is 16.5 Å². The quantitative estimate of drug-likeness (QED) is 0.617. The number of nitrogens with zero attached hydrogens (tertiary/aromatic N) is 1. The standard InChI is InChI=1S/C6H6ClNO2/c1-2-5-4(3-9)6(7)10-8-5/h3H,2H2,1H3. The summed E-state index contributed by atoms with van der Waals surface area (Å²) in [6, 6.07) is 0. The van der Waals surface area contributed by atoms with Crippen molar-refractivity contribution in [2.45, 2.75) is 13.3 Å². The summed E-state index contributed by atoms with van der Waals surface area (Å²) in [5.41, 5.74) is 0.976. The van der Waals surface area contributed by atoms with Crippen LogP contribution in [0.15, 0.2) is 4.52 Å². The summed E-state index contributed by atoms with van der Waals surface area (Å²) in [5.74, 6) is 0. The van der Waals surface area contributed by atoms with E-state index in [9.17, 15) is 4.79 Å². The molecule has 1 rings (SSSR count). The van der Waals surface area contributed by atoms with Gasteiger partial charge in [-0.1, -0.05) is 12.1 Å². The van der Waals surface area contributed by atoms with E-state index >= 15 is 0 Å². The van der Waals surface area contributed by atoms with Crippen molar-refractivity contribution in [1.82, 2.24) is 5.16 Å². The molecule has 0 saturated carbocycles. The second kappa shape index (κ2) is 2.84. The van der Waals surface area contributed by atoms with E-state index < -0.39 is 0 Å². The van der Waals surface area contributed by atoms with Crippen molar-refractivity contribution in [2.24, 2.45) is 0 Å². The van der Waals surface area contributed by atoms with Crippen LogP contribution in [0, 0.1) is 0 Å². The number of carbonyl (C=O) groups excluding carboxylic acids is 1. The second-order valence-electron chi connectivity index (χ2n) is 1.79. The Morgan fingerprint density at radius 1 is 1.80 bits per heavy atom. The third-order valence-corrected chi connectivity index (χ3v) is 1.48. The highest BCUT2D eigenvalue weighted by Crippen LogP contribution is 2.17. The fourth-order valence-corrected chi connectivity index (χ4v) is 0.864. The fourth-order valence-electron chi connectivity index (χ4n) is 0.676. The van der Waals surface area contributed by atoms with Crippen molar-refractivity contribution in [2.75, 3.05) is 0 Å². The number of hydrogen-bond acceptors (Lipinski definition) is 3. The molecule has 10 heavy (non-hydrogen) atoms. The Morgan fingerprint density at radius 3 is 2.90 bits per heavy atom. The van der Waals surface area contributed by atoms with Gasteiger partial charge in [-0.2, -0.15) is 0 Å². The molecule has 0 unspecified atom stereocenters. The Labute approximate surface area is 63.0 Å².